The number of morpholine rings is 1. The molecule has 0 radical (unpaired) electrons. The molecule has 2 rings (SSSR count). The Labute approximate surface area is 119 Å². The second kappa shape index (κ2) is 6.08. The summed E-state index contributed by atoms with van der Waals surface area (Å²) < 4.78 is 24.1. The van der Waals surface area contributed by atoms with Crippen molar-refractivity contribution in [2.45, 2.75) is 25.4 Å². The van der Waals surface area contributed by atoms with Gasteiger partial charge in [-0.05, 0) is 31.5 Å². The third kappa shape index (κ3) is 3.29. The summed E-state index contributed by atoms with van der Waals surface area (Å²) in [7, 11) is 1.45. The number of ether oxygens (including phenoxy) is 2. The normalized spacial score (nSPS) is 20.6. The second-order valence-corrected chi connectivity index (χ2v) is 5.81. The first-order valence-electron chi connectivity index (χ1n) is 6.86. The molecule has 1 fully saturated rings. The first kappa shape index (κ1) is 15.2. The fraction of sp³-hybridized carbons (Fsp3) is 0.600. The van der Waals surface area contributed by atoms with Crippen molar-refractivity contribution in [2.24, 2.45) is 5.73 Å². The van der Waals surface area contributed by atoms with Crippen LogP contribution >= 0.6 is 0 Å². The topological polar surface area (TPSA) is 47.7 Å². The van der Waals surface area contributed by atoms with Crippen LogP contribution < -0.4 is 10.5 Å². The first-order valence-corrected chi connectivity index (χ1v) is 6.86. The Bertz CT molecular complexity index is 465. The van der Waals surface area contributed by atoms with Crippen LogP contribution in [0, 0.1) is 5.82 Å². The molecule has 1 aromatic carbocycles. The van der Waals surface area contributed by atoms with Crippen molar-refractivity contribution in [3.05, 3.63) is 29.6 Å². The molecule has 5 heteroatoms. The fourth-order valence-corrected chi connectivity index (χ4v) is 2.49. The molecule has 1 heterocycles. The molecule has 1 atom stereocenters. The van der Waals surface area contributed by atoms with Gasteiger partial charge in [-0.25, -0.2) is 4.39 Å². The average Bonchev–Trinajstić information content (AvgIpc) is 2.41. The number of methoxy groups -OCH3 is 1. The van der Waals surface area contributed by atoms with E-state index in [9.17, 15) is 4.39 Å². The number of nitrogens with two attached hydrogens (primary N) is 1. The minimum Gasteiger partial charge on any atom is -0.494 e. The Hall–Kier alpha value is -1.17. The van der Waals surface area contributed by atoms with E-state index in [0.29, 0.717) is 19.8 Å². The van der Waals surface area contributed by atoms with E-state index in [1.165, 1.54) is 13.2 Å². The van der Waals surface area contributed by atoms with Crippen molar-refractivity contribution >= 4 is 0 Å². The zero-order valence-electron chi connectivity index (χ0n) is 12.4. The maximum atomic E-state index is 13.7. The van der Waals surface area contributed by atoms with E-state index < -0.39 is 0 Å². The van der Waals surface area contributed by atoms with Gasteiger partial charge >= 0.3 is 0 Å². The summed E-state index contributed by atoms with van der Waals surface area (Å²) in [6, 6.07) is 4.67. The number of benzene rings is 1. The van der Waals surface area contributed by atoms with Crippen LogP contribution in [-0.2, 0) is 4.74 Å². The van der Waals surface area contributed by atoms with Crippen molar-refractivity contribution in [3.8, 4) is 5.75 Å². The minimum atomic E-state index is -0.373. The van der Waals surface area contributed by atoms with E-state index in [1.807, 2.05) is 6.07 Å². The molecular weight excluding hydrogens is 259 g/mol. The van der Waals surface area contributed by atoms with Crippen LogP contribution in [0.4, 0.5) is 4.39 Å². The maximum Gasteiger partial charge on any atom is 0.165 e. The van der Waals surface area contributed by atoms with Crippen molar-refractivity contribution in [1.29, 1.82) is 0 Å². The monoisotopic (exact) mass is 282 g/mol. The molecule has 0 aromatic heterocycles. The summed E-state index contributed by atoms with van der Waals surface area (Å²) in [6.07, 6.45) is 0. The molecule has 4 nitrogen and oxygen atoms in total. The third-order valence-corrected chi connectivity index (χ3v) is 3.84. The summed E-state index contributed by atoms with van der Waals surface area (Å²) >= 11 is 0. The first-order chi connectivity index (χ1) is 9.44. The molecule has 1 aliphatic rings. The van der Waals surface area contributed by atoms with Crippen LogP contribution in [-0.4, -0.2) is 43.9 Å². The quantitative estimate of drug-likeness (QED) is 0.917. The van der Waals surface area contributed by atoms with Gasteiger partial charge in [-0.3, -0.25) is 4.90 Å². The van der Waals surface area contributed by atoms with Crippen LogP contribution in [0.15, 0.2) is 18.2 Å². The smallest absolute Gasteiger partial charge is 0.165 e. The fourth-order valence-electron chi connectivity index (χ4n) is 2.49. The van der Waals surface area contributed by atoms with E-state index in [1.54, 1.807) is 6.07 Å². The van der Waals surface area contributed by atoms with Crippen molar-refractivity contribution in [3.63, 3.8) is 0 Å². The van der Waals surface area contributed by atoms with Gasteiger partial charge in [-0.2, -0.15) is 0 Å². The lowest BCUT2D eigenvalue weighted by molar-refractivity contribution is -0.0531. The van der Waals surface area contributed by atoms with Gasteiger partial charge in [0.1, 0.15) is 0 Å². The molecule has 2 N–H and O–H groups in total. The highest BCUT2D eigenvalue weighted by Gasteiger charge is 2.31. The molecule has 112 valence electrons. The lowest BCUT2D eigenvalue weighted by Gasteiger charge is -2.43. The Morgan fingerprint density at radius 3 is 2.85 bits per heavy atom. The Morgan fingerprint density at radius 1 is 1.50 bits per heavy atom. The molecule has 0 spiro atoms. The standard InChI is InChI=1S/C15H23FN2O2/c1-15(2)10-20-7-6-18(15)9-13(17)11-4-5-14(19-3)12(16)8-11/h4-5,8,13H,6-7,9-10,17H2,1-3H3. The van der Waals surface area contributed by atoms with Gasteiger partial charge in [0.05, 0.1) is 20.3 Å². The Morgan fingerprint density at radius 2 is 2.25 bits per heavy atom. The van der Waals surface area contributed by atoms with E-state index in [-0.39, 0.29) is 23.1 Å². The van der Waals surface area contributed by atoms with Crippen molar-refractivity contribution in [2.75, 3.05) is 33.4 Å². The largest absolute Gasteiger partial charge is 0.494 e. The molecule has 0 amide bonds. The summed E-state index contributed by atoms with van der Waals surface area (Å²) in [6.45, 7) is 7.20. The predicted molar refractivity (Wildman–Crippen MR) is 76.4 cm³/mol. The number of hydrogen-bond acceptors (Lipinski definition) is 4. The van der Waals surface area contributed by atoms with Crippen LogP contribution in [0.25, 0.3) is 0 Å². The average molecular weight is 282 g/mol. The number of nitrogens with zero attached hydrogens (tertiary/aromatic N) is 1. The minimum absolute atomic E-state index is 0.0408. The highest BCUT2D eigenvalue weighted by Crippen LogP contribution is 2.25. The summed E-state index contributed by atoms with van der Waals surface area (Å²) in [5.74, 6) is -0.130. The van der Waals surface area contributed by atoms with Gasteiger partial charge in [0.2, 0.25) is 0 Å². The van der Waals surface area contributed by atoms with Gasteiger partial charge in [0.25, 0.3) is 0 Å². The van der Waals surface area contributed by atoms with Crippen LogP contribution in [0.3, 0.4) is 0 Å². The summed E-state index contributed by atoms with van der Waals surface area (Å²) in [5, 5.41) is 0. The van der Waals surface area contributed by atoms with Gasteiger partial charge in [0.15, 0.2) is 11.6 Å². The van der Waals surface area contributed by atoms with E-state index >= 15 is 0 Å². The third-order valence-electron chi connectivity index (χ3n) is 3.84. The van der Waals surface area contributed by atoms with Gasteiger partial charge in [-0.1, -0.05) is 6.07 Å². The zero-order chi connectivity index (χ0) is 14.8. The SMILES string of the molecule is COc1ccc(C(N)CN2CCOCC2(C)C)cc1F. The lowest BCUT2D eigenvalue weighted by Crippen LogP contribution is -2.54. The number of hydrogen-bond donors (Lipinski definition) is 1. The highest BCUT2D eigenvalue weighted by atomic mass is 19.1. The van der Waals surface area contributed by atoms with Crippen molar-refractivity contribution < 1.29 is 13.9 Å². The maximum absolute atomic E-state index is 13.7. The highest BCUT2D eigenvalue weighted by molar-refractivity contribution is 5.31. The van der Waals surface area contributed by atoms with E-state index in [4.69, 9.17) is 15.2 Å². The molecule has 0 bridgehead atoms. The van der Waals surface area contributed by atoms with E-state index in [0.717, 1.165) is 12.1 Å². The lowest BCUT2D eigenvalue weighted by atomic mass is 9.99. The van der Waals surface area contributed by atoms with Crippen LogP contribution in [0.5, 0.6) is 5.75 Å². The Kier molecular flexibility index (Phi) is 4.62. The number of rotatable bonds is 4. The molecule has 0 saturated carbocycles. The molecule has 20 heavy (non-hydrogen) atoms. The second-order valence-electron chi connectivity index (χ2n) is 5.81. The molecule has 1 aromatic rings. The van der Waals surface area contributed by atoms with Gasteiger partial charge < -0.3 is 15.2 Å². The van der Waals surface area contributed by atoms with Gasteiger partial charge in [0, 0.05) is 24.7 Å². The predicted octanol–water partition coefficient (Wildman–Crippen LogP) is 1.94. The van der Waals surface area contributed by atoms with E-state index in [2.05, 4.69) is 18.7 Å². The Balaban J connectivity index is 2.07. The molecule has 1 saturated heterocycles. The van der Waals surface area contributed by atoms with Gasteiger partial charge in [-0.15, -0.1) is 0 Å². The zero-order valence-corrected chi connectivity index (χ0v) is 12.4. The van der Waals surface area contributed by atoms with Crippen LogP contribution in [0.2, 0.25) is 0 Å². The molecule has 0 aliphatic carbocycles. The van der Waals surface area contributed by atoms with Crippen molar-refractivity contribution in [1.82, 2.24) is 4.90 Å². The summed E-state index contributed by atoms with van der Waals surface area (Å²) in [4.78, 5) is 2.29. The number of halogens is 1. The van der Waals surface area contributed by atoms with Crippen LogP contribution in [0.1, 0.15) is 25.5 Å². The molecule has 1 aliphatic heterocycles. The molecular formula is C15H23FN2O2. The molecule has 1 unspecified atom stereocenters. The summed E-state index contributed by atoms with van der Waals surface area (Å²) in [5.41, 5.74) is 6.96.